The molecule has 0 saturated carbocycles. The van der Waals surface area contributed by atoms with Crippen LogP contribution in [0.15, 0.2) is 35.4 Å². The van der Waals surface area contributed by atoms with Crippen molar-refractivity contribution in [1.82, 2.24) is 9.38 Å². The lowest BCUT2D eigenvalue weighted by molar-refractivity contribution is 0.0694. The van der Waals surface area contributed by atoms with Crippen LogP contribution in [0, 0.1) is 0 Å². The van der Waals surface area contributed by atoms with Gasteiger partial charge in [-0.2, -0.15) is 0 Å². The third kappa shape index (κ3) is 1.95. The van der Waals surface area contributed by atoms with Gasteiger partial charge in [-0.3, -0.25) is 9.20 Å². The summed E-state index contributed by atoms with van der Waals surface area (Å²) < 4.78 is 11.7. The van der Waals surface area contributed by atoms with Gasteiger partial charge in [-0.05, 0) is 23.6 Å². The zero-order valence-electron chi connectivity index (χ0n) is 11.9. The molecule has 0 spiro atoms. The number of aromatic carboxylic acids is 1. The average molecular weight is 300 g/mol. The van der Waals surface area contributed by atoms with Crippen LogP contribution < -0.4 is 15.0 Å². The lowest BCUT2D eigenvalue weighted by Crippen LogP contribution is -2.22. The molecular weight excluding hydrogens is 288 g/mol. The maximum atomic E-state index is 12.2. The molecule has 0 amide bonds. The Morgan fingerprint density at radius 2 is 1.91 bits per heavy atom. The molecule has 7 heteroatoms. The Hall–Kier alpha value is -3.09. The molecule has 3 aromatic rings. The summed E-state index contributed by atoms with van der Waals surface area (Å²) in [4.78, 5) is 27.3. The number of carboxylic acids is 1. The van der Waals surface area contributed by atoms with Crippen LogP contribution in [-0.2, 0) is 0 Å². The summed E-state index contributed by atoms with van der Waals surface area (Å²) in [5, 5.41) is 10.5. The van der Waals surface area contributed by atoms with Crippen molar-refractivity contribution >= 4 is 22.4 Å². The van der Waals surface area contributed by atoms with Crippen LogP contribution in [0.4, 0.5) is 0 Å². The van der Waals surface area contributed by atoms with Crippen molar-refractivity contribution < 1.29 is 19.4 Å². The van der Waals surface area contributed by atoms with Gasteiger partial charge in [0.25, 0.3) is 5.56 Å². The number of benzene rings is 1. The quantitative estimate of drug-likeness (QED) is 0.738. The first-order valence-electron chi connectivity index (χ1n) is 6.36. The highest BCUT2D eigenvalue weighted by Crippen LogP contribution is 2.33. The van der Waals surface area contributed by atoms with E-state index in [9.17, 15) is 9.59 Å². The Labute approximate surface area is 124 Å². The van der Waals surface area contributed by atoms with Gasteiger partial charge in [-0.1, -0.05) is 0 Å². The second kappa shape index (κ2) is 5.03. The van der Waals surface area contributed by atoms with E-state index < -0.39 is 11.5 Å². The molecule has 0 unspecified atom stereocenters. The van der Waals surface area contributed by atoms with Crippen molar-refractivity contribution in [3.05, 3.63) is 46.5 Å². The molecule has 0 aliphatic heterocycles. The van der Waals surface area contributed by atoms with Crippen LogP contribution in [0.3, 0.4) is 0 Å². The van der Waals surface area contributed by atoms with Gasteiger partial charge in [0.2, 0.25) is 0 Å². The summed E-state index contributed by atoms with van der Waals surface area (Å²) in [7, 11) is 3.05. The molecule has 22 heavy (non-hydrogen) atoms. The van der Waals surface area contributed by atoms with E-state index in [0.717, 1.165) is 11.6 Å². The topological polar surface area (TPSA) is 90.1 Å². The minimum absolute atomic E-state index is 0.355. The third-order valence-electron chi connectivity index (χ3n) is 3.42. The van der Waals surface area contributed by atoms with Gasteiger partial charge in [0.15, 0.2) is 11.5 Å². The summed E-state index contributed by atoms with van der Waals surface area (Å²) >= 11 is 0. The summed E-state index contributed by atoms with van der Waals surface area (Å²) in [5.41, 5.74) is -0.653. The summed E-state index contributed by atoms with van der Waals surface area (Å²) in [6.45, 7) is 0. The molecule has 112 valence electrons. The number of hydrogen-bond acceptors (Lipinski definition) is 5. The van der Waals surface area contributed by atoms with Gasteiger partial charge < -0.3 is 14.6 Å². The number of rotatable bonds is 3. The molecule has 3 rings (SSSR count). The van der Waals surface area contributed by atoms with Gasteiger partial charge >= 0.3 is 5.97 Å². The number of pyridine rings is 1. The fraction of sp³-hybridized carbons (Fsp3) is 0.133. The number of carbonyl (C=O) groups is 1. The summed E-state index contributed by atoms with van der Waals surface area (Å²) in [5.74, 6) is -0.247. The van der Waals surface area contributed by atoms with Crippen molar-refractivity contribution in [2.75, 3.05) is 14.2 Å². The molecule has 1 N–H and O–H groups in total. The molecule has 0 radical (unpaired) electrons. The van der Waals surface area contributed by atoms with Gasteiger partial charge in [0.1, 0.15) is 11.2 Å². The van der Waals surface area contributed by atoms with E-state index in [0.29, 0.717) is 22.5 Å². The van der Waals surface area contributed by atoms with E-state index in [2.05, 4.69) is 4.98 Å². The SMILES string of the molecule is COc1cc2ccn3c(=O)c(C(=O)O)cnc3c2cc1OC. The fourth-order valence-corrected chi connectivity index (χ4v) is 2.33. The van der Waals surface area contributed by atoms with Crippen LogP contribution in [0.25, 0.3) is 16.4 Å². The second-order valence-corrected chi connectivity index (χ2v) is 4.59. The highest BCUT2D eigenvalue weighted by molar-refractivity contribution is 5.96. The van der Waals surface area contributed by atoms with Crippen molar-refractivity contribution in [2.24, 2.45) is 0 Å². The molecule has 2 heterocycles. The second-order valence-electron chi connectivity index (χ2n) is 4.59. The fourth-order valence-electron chi connectivity index (χ4n) is 2.33. The monoisotopic (exact) mass is 300 g/mol. The molecule has 0 saturated heterocycles. The van der Waals surface area contributed by atoms with Crippen LogP contribution in [0.2, 0.25) is 0 Å². The Balaban J connectivity index is 2.43. The first-order chi connectivity index (χ1) is 10.6. The molecular formula is C15H12N2O5. The van der Waals surface area contributed by atoms with E-state index in [-0.39, 0.29) is 5.56 Å². The first-order valence-corrected chi connectivity index (χ1v) is 6.36. The Morgan fingerprint density at radius 3 is 2.55 bits per heavy atom. The zero-order chi connectivity index (χ0) is 15.9. The number of fused-ring (bicyclic) bond motifs is 3. The van der Waals surface area contributed by atoms with E-state index in [4.69, 9.17) is 14.6 Å². The number of ether oxygens (including phenoxy) is 2. The number of hydrogen-bond donors (Lipinski definition) is 1. The highest BCUT2D eigenvalue weighted by Gasteiger charge is 2.14. The number of carboxylic acid groups (broad SMARTS) is 1. The molecule has 0 fully saturated rings. The van der Waals surface area contributed by atoms with E-state index in [1.807, 2.05) is 0 Å². The Morgan fingerprint density at radius 1 is 1.23 bits per heavy atom. The number of nitrogens with zero attached hydrogens (tertiary/aromatic N) is 2. The van der Waals surface area contributed by atoms with E-state index in [1.54, 1.807) is 18.2 Å². The lowest BCUT2D eigenvalue weighted by Gasteiger charge is -2.11. The summed E-state index contributed by atoms with van der Waals surface area (Å²) in [6.07, 6.45) is 2.56. The van der Waals surface area contributed by atoms with Gasteiger partial charge in [-0.15, -0.1) is 0 Å². The molecule has 2 aromatic heterocycles. The first kappa shape index (κ1) is 13.9. The zero-order valence-corrected chi connectivity index (χ0v) is 11.9. The Kier molecular flexibility index (Phi) is 3.17. The average Bonchev–Trinajstić information content (AvgIpc) is 2.53. The smallest absolute Gasteiger partial charge is 0.342 e. The predicted molar refractivity (Wildman–Crippen MR) is 79.0 cm³/mol. The highest BCUT2D eigenvalue weighted by atomic mass is 16.5. The van der Waals surface area contributed by atoms with Crippen LogP contribution >= 0.6 is 0 Å². The molecule has 0 aliphatic rings. The molecule has 0 bridgehead atoms. The molecule has 0 aliphatic carbocycles. The number of methoxy groups -OCH3 is 2. The number of aromatic nitrogens is 2. The van der Waals surface area contributed by atoms with Crippen LogP contribution in [-0.4, -0.2) is 34.7 Å². The van der Waals surface area contributed by atoms with Crippen LogP contribution in [0.1, 0.15) is 10.4 Å². The minimum Gasteiger partial charge on any atom is -0.493 e. The molecule has 1 aromatic carbocycles. The van der Waals surface area contributed by atoms with Crippen molar-refractivity contribution in [3.8, 4) is 11.5 Å². The van der Waals surface area contributed by atoms with Crippen molar-refractivity contribution in [3.63, 3.8) is 0 Å². The van der Waals surface area contributed by atoms with Crippen molar-refractivity contribution in [2.45, 2.75) is 0 Å². The van der Waals surface area contributed by atoms with Gasteiger partial charge in [-0.25, -0.2) is 9.78 Å². The standard InChI is InChI=1S/C15H12N2O5/c1-21-11-5-8-3-4-17-13(9(8)6-12(11)22-2)16-7-10(14(17)18)15(19)20/h3-7H,1-2H3,(H,19,20). The third-order valence-corrected chi connectivity index (χ3v) is 3.42. The summed E-state index contributed by atoms with van der Waals surface area (Å²) in [6, 6.07) is 5.17. The van der Waals surface area contributed by atoms with Crippen LogP contribution in [0.5, 0.6) is 11.5 Å². The predicted octanol–water partition coefficient (Wildman–Crippen LogP) is 1.56. The minimum atomic E-state index is -1.31. The molecule has 7 nitrogen and oxygen atoms in total. The van der Waals surface area contributed by atoms with Crippen molar-refractivity contribution in [1.29, 1.82) is 0 Å². The van der Waals surface area contributed by atoms with Gasteiger partial charge in [0, 0.05) is 17.8 Å². The van der Waals surface area contributed by atoms with E-state index >= 15 is 0 Å². The largest absolute Gasteiger partial charge is 0.493 e. The van der Waals surface area contributed by atoms with E-state index in [1.165, 1.54) is 24.8 Å². The Bertz CT molecular complexity index is 961. The maximum absolute atomic E-state index is 12.2. The van der Waals surface area contributed by atoms with Gasteiger partial charge in [0.05, 0.1) is 14.2 Å². The maximum Gasteiger partial charge on any atom is 0.342 e. The lowest BCUT2D eigenvalue weighted by atomic mass is 10.1. The molecule has 0 atom stereocenters. The normalized spacial score (nSPS) is 10.8.